The van der Waals surface area contributed by atoms with E-state index in [9.17, 15) is 9.59 Å². The minimum atomic E-state index is -0.218. The Kier molecular flexibility index (Phi) is 3.25. The molecule has 2 aromatic rings. The molecule has 1 saturated heterocycles. The number of nitrogens with one attached hydrogen (secondary N) is 1. The molecule has 3 rings (SSSR count). The second-order valence-corrected chi connectivity index (χ2v) is 5.25. The molecule has 1 aliphatic heterocycles. The molecule has 0 spiro atoms. The van der Waals surface area contributed by atoms with Gasteiger partial charge in [0, 0.05) is 20.1 Å². The maximum absolute atomic E-state index is 12.0. The minimum absolute atomic E-state index is 0.0610. The highest BCUT2D eigenvalue weighted by Gasteiger charge is 2.21. The van der Waals surface area contributed by atoms with Gasteiger partial charge in [0.25, 0.3) is 5.56 Å². The number of nitrogen functional groups attached to an aromatic ring is 1. The van der Waals surface area contributed by atoms with E-state index in [1.54, 1.807) is 24.1 Å². The number of hydrogen-bond acceptors (Lipinski definition) is 5. The van der Waals surface area contributed by atoms with Gasteiger partial charge in [0.05, 0.1) is 35.1 Å². The molecule has 1 amide bonds. The van der Waals surface area contributed by atoms with Gasteiger partial charge < -0.3 is 20.5 Å². The molecule has 110 valence electrons. The number of amides is 1. The van der Waals surface area contributed by atoms with Crippen molar-refractivity contribution in [2.45, 2.75) is 6.42 Å². The van der Waals surface area contributed by atoms with Gasteiger partial charge in [-0.3, -0.25) is 9.59 Å². The smallest absolute Gasteiger partial charge is 0.258 e. The van der Waals surface area contributed by atoms with Crippen LogP contribution in [-0.4, -0.2) is 47.5 Å². The number of likely N-dealkylation sites (N-methyl/N-ethyl adjacent to an activating group) is 1. The predicted octanol–water partition coefficient (Wildman–Crippen LogP) is 0.174. The largest absolute Gasteiger partial charge is 0.397 e. The molecule has 1 fully saturated rings. The van der Waals surface area contributed by atoms with E-state index in [1.807, 2.05) is 4.90 Å². The van der Waals surface area contributed by atoms with Gasteiger partial charge in [-0.2, -0.15) is 0 Å². The first kappa shape index (κ1) is 13.4. The third-order valence-electron chi connectivity index (χ3n) is 3.80. The molecule has 0 saturated carbocycles. The summed E-state index contributed by atoms with van der Waals surface area (Å²) in [6, 6.07) is 3.40. The number of aromatic amines is 1. The van der Waals surface area contributed by atoms with Gasteiger partial charge in [0.1, 0.15) is 0 Å². The van der Waals surface area contributed by atoms with Crippen molar-refractivity contribution in [3.63, 3.8) is 0 Å². The number of carbonyl (C=O) groups is 1. The number of rotatable bonds is 1. The van der Waals surface area contributed by atoms with Crippen LogP contribution >= 0.6 is 0 Å². The summed E-state index contributed by atoms with van der Waals surface area (Å²) in [4.78, 5) is 34.1. The number of anilines is 2. The van der Waals surface area contributed by atoms with Gasteiger partial charge in [-0.25, -0.2) is 4.98 Å². The zero-order valence-electron chi connectivity index (χ0n) is 11.8. The molecule has 0 atom stereocenters. The number of nitrogens with zero attached hydrogens (tertiary/aromatic N) is 3. The summed E-state index contributed by atoms with van der Waals surface area (Å²) in [5.41, 5.74) is 7.67. The quantitative estimate of drug-likeness (QED) is 0.729. The second-order valence-electron chi connectivity index (χ2n) is 5.25. The van der Waals surface area contributed by atoms with Gasteiger partial charge in [-0.1, -0.05) is 0 Å². The monoisotopic (exact) mass is 287 g/mol. The standard InChI is InChI=1S/C14H17N5O2/c1-18-3-2-4-19(7-13(18)20)12-6-11-9(5-10(12)15)14(21)17-8-16-11/h5-6,8H,2-4,7,15H2,1H3,(H,16,17,21). The highest BCUT2D eigenvalue weighted by molar-refractivity contribution is 5.90. The highest BCUT2D eigenvalue weighted by Crippen LogP contribution is 2.27. The van der Waals surface area contributed by atoms with Crippen molar-refractivity contribution in [3.05, 3.63) is 28.8 Å². The number of hydrogen-bond donors (Lipinski definition) is 2. The van der Waals surface area contributed by atoms with Crippen LogP contribution in [0.1, 0.15) is 6.42 Å². The fourth-order valence-corrected chi connectivity index (χ4v) is 2.59. The predicted molar refractivity (Wildman–Crippen MR) is 81.2 cm³/mol. The lowest BCUT2D eigenvalue weighted by atomic mass is 10.1. The van der Waals surface area contributed by atoms with E-state index in [4.69, 9.17) is 5.73 Å². The van der Waals surface area contributed by atoms with Gasteiger partial charge >= 0.3 is 0 Å². The maximum atomic E-state index is 12.0. The number of benzene rings is 1. The van der Waals surface area contributed by atoms with Gasteiger partial charge in [-0.15, -0.1) is 0 Å². The van der Waals surface area contributed by atoms with Crippen LogP contribution in [0.3, 0.4) is 0 Å². The summed E-state index contributed by atoms with van der Waals surface area (Å²) in [5, 5.41) is 0.456. The van der Waals surface area contributed by atoms with Crippen molar-refractivity contribution >= 4 is 28.2 Å². The highest BCUT2D eigenvalue weighted by atomic mass is 16.2. The maximum Gasteiger partial charge on any atom is 0.258 e. The van der Waals surface area contributed by atoms with Crippen LogP contribution in [0.25, 0.3) is 10.9 Å². The van der Waals surface area contributed by atoms with E-state index < -0.39 is 0 Å². The average molecular weight is 287 g/mol. The molecule has 21 heavy (non-hydrogen) atoms. The van der Waals surface area contributed by atoms with E-state index in [-0.39, 0.29) is 18.0 Å². The fraction of sp³-hybridized carbons (Fsp3) is 0.357. The molecule has 0 radical (unpaired) electrons. The van der Waals surface area contributed by atoms with Crippen LogP contribution in [0, 0.1) is 0 Å². The molecule has 3 N–H and O–H groups in total. The van der Waals surface area contributed by atoms with Gasteiger partial charge in [0.2, 0.25) is 5.91 Å². The molecule has 0 unspecified atom stereocenters. The van der Waals surface area contributed by atoms with E-state index in [0.717, 1.165) is 25.2 Å². The first-order valence-electron chi connectivity index (χ1n) is 6.82. The minimum Gasteiger partial charge on any atom is -0.397 e. The van der Waals surface area contributed by atoms with Crippen LogP contribution in [0.4, 0.5) is 11.4 Å². The Labute approximate surface area is 121 Å². The van der Waals surface area contributed by atoms with Crippen LogP contribution < -0.4 is 16.2 Å². The molecule has 7 nitrogen and oxygen atoms in total. The Hall–Kier alpha value is -2.57. The van der Waals surface area contributed by atoms with Crippen molar-refractivity contribution in [1.82, 2.24) is 14.9 Å². The third-order valence-corrected chi connectivity index (χ3v) is 3.80. The van der Waals surface area contributed by atoms with Gasteiger partial charge in [0.15, 0.2) is 0 Å². The Bertz CT molecular complexity index is 755. The van der Waals surface area contributed by atoms with Crippen LogP contribution in [-0.2, 0) is 4.79 Å². The lowest BCUT2D eigenvalue weighted by Crippen LogP contribution is -2.34. The number of H-pyrrole nitrogens is 1. The number of fused-ring (bicyclic) bond motifs is 1. The molecule has 0 bridgehead atoms. The van der Waals surface area contributed by atoms with Crippen LogP contribution in [0.15, 0.2) is 23.3 Å². The van der Waals surface area contributed by atoms with Crippen molar-refractivity contribution in [2.24, 2.45) is 0 Å². The zero-order chi connectivity index (χ0) is 15.0. The Balaban J connectivity index is 2.05. The number of nitrogens with two attached hydrogens (primary N) is 1. The summed E-state index contributed by atoms with van der Waals surface area (Å²) in [7, 11) is 1.80. The summed E-state index contributed by atoms with van der Waals surface area (Å²) in [6.07, 6.45) is 2.24. The summed E-state index contributed by atoms with van der Waals surface area (Å²) < 4.78 is 0. The molecule has 0 aliphatic carbocycles. The van der Waals surface area contributed by atoms with Crippen molar-refractivity contribution in [3.8, 4) is 0 Å². The third kappa shape index (κ3) is 2.42. The van der Waals surface area contributed by atoms with E-state index >= 15 is 0 Å². The Morgan fingerprint density at radius 1 is 1.29 bits per heavy atom. The van der Waals surface area contributed by atoms with Crippen LogP contribution in [0.5, 0.6) is 0 Å². The molecule has 1 aromatic heterocycles. The first-order chi connectivity index (χ1) is 10.1. The lowest BCUT2D eigenvalue weighted by molar-refractivity contribution is -0.127. The first-order valence-corrected chi connectivity index (χ1v) is 6.82. The summed E-state index contributed by atoms with van der Waals surface area (Å²) in [5.74, 6) is 0.0610. The average Bonchev–Trinajstić information content (AvgIpc) is 2.62. The Morgan fingerprint density at radius 3 is 2.90 bits per heavy atom. The Morgan fingerprint density at radius 2 is 2.10 bits per heavy atom. The molecule has 1 aliphatic rings. The molecular weight excluding hydrogens is 270 g/mol. The molecule has 2 heterocycles. The van der Waals surface area contributed by atoms with Crippen molar-refractivity contribution in [1.29, 1.82) is 0 Å². The van der Waals surface area contributed by atoms with Crippen LogP contribution in [0.2, 0.25) is 0 Å². The van der Waals surface area contributed by atoms with E-state index in [1.165, 1.54) is 6.33 Å². The second kappa shape index (κ2) is 5.08. The van der Waals surface area contributed by atoms with Crippen molar-refractivity contribution in [2.75, 3.05) is 37.3 Å². The van der Waals surface area contributed by atoms with E-state index in [2.05, 4.69) is 9.97 Å². The fourth-order valence-electron chi connectivity index (χ4n) is 2.59. The molecule has 1 aromatic carbocycles. The van der Waals surface area contributed by atoms with Gasteiger partial charge in [-0.05, 0) is 18.6 Å². The number of carbonyl (C=O) groups excluding carboxylic acids is 1. The summed E-state index contributed by atoms with van der Waals surface area (Å²) in [6.45, 7) is 1.77. The lowest BCUT2D eigenvalue weighted by Gasteiger charge is -2.23. The summed E-state index contributed by atoms with van der Waals surface area (Å²) >= 11 is 0. The molecule has 7 heteroatoms. The SMILES string of the molecule is CN1CCCN(c2cc3nc[nH]c(=O)c3cc2N)CC1=O. The normalized spacial score (nSPS) is 16.3. The zero-order valence-corrected chi connectivity index (χ0v) is 11.8. The van der Waals surface area contributed by atoms with E-state index in [0.29, 0.717) is 16.6 Å². The van der Waals surface area contributed by atoms with Crippen molar-refractivity contribution < 1.29 is 4.79 Å². The number of aromatic nitrogens is 2. The topological polar surface area (TPSA) is 95.3 Å². The molecular formula is C14H17N5O2.